The van der Waals surface area contributed by atoms with Crippen LogP contribution in [-0.4, -0.2) is 55.4 Å². The standard InChI is InChI=1S/C25H30FN3O5/c1-16(2)15-29(23(30)12-17-6-8-19(26)9-7-17)11-10-22-27-25(28-34-22)18-13-20(31-3)24(33-5)21(14-18)32-4/h6-9,13-14,16H,10-12,15H2,1-5H3. The Labute approximate surface area is 198 Å². The van der Waals surface area contributed by atoms with Crippen molar-refractivity contribution in [2.75, 3.05) is 34.4 Å². The number of hydrogen-bond acceptors (Lipinski definition) is 7. The average molecular weight is 472 g/mol. The summed E-state index contributed by atoms with van der Waals surface area (Å²) in [5.74, 6) is 2.15. The zero-order valence-electron chi connectivity index (χ0n) is 20.1. The summed E-state index contributed by atoms with van der Waals surface area (Å²) >= 11 is 0. The maximum Gasteiger partial charge on any atom is 0.228 e. The van der Waals surface area contributed by atoms with Crippen molar-refractivity contribution < 1.29 is 27.9 Å². The molecule has 0 spiro atoms. The second-order valence-corrected chi connectivity index (χ2v) is 8.21. The fourth-order valence-electron chi connectivity index (χ4n) is 3.56. The van der Waals surface area contributed by atoms with E-state index in [0.717, 1.165) is 5.56 Å². The number of halogens is 1. The van der Waals surface area contributed by atoms with Crippen LogP contribution in [0, 0.1) is 11.7 Å². The molecule has 3 aromatic rings. The average Bonchev–Trinajstić information content (AvgIpc) is 3.31. The first-order chi connectivity index (χ1) is 16.3. The van der Waals surface area contributed by atoms with Gasteiger partial charge in [-0.05, 0) is 35.7 Å². The highest BCUT2D eigenvalue weighted by Gasteiger charge is 2.20. The lowest BCUT2D eigenvalue weighted by Gasteiger charge is -2.24. The summed E-state index contributed by atoms with van der Waals surface area (Å²) in [6.07, 6.45) is 0.604. The predicted molar refractivity (Wildman–Crippen MR) is 125 cm³/mol. The molecular weight excluding hydrogens is 441 g/mol. The van der Waals surface area contributed by atoms with Gasteiger partial charge in [-0.2, -0.15) is 4.98 Å². The summed E-state index contributed by atoms with van der Waals surface area (Å²) in [6, 6.07) is 9.46. The molecule has 0 N–H and O–H groups in total. The van der Waals surface area contributed by atoms with Crippen molar-refractivity contribution in [1.29, 1.82) is 0 Å². The molecule has 0 radical (unpaired) electrons. The van der Waals surface area contributed by atoms with E-state index in [1.54, 1.807) is 29.2 Å². The fourth-order valence-corrected chi connectivity index (χ4v) is 3.56. The number of benzene rings is 2. The van der Waals surface area contributed by atoms with Gasteiger partial charge in [0, 0.05) is 25.1 Å². The highest BCUT2D eigenvalue weighted by atomic mass is 19.1. The lowest BCUT2D eigenvalue weighted by Crippen LogP contribution is -2.37. The van der Waals surface area contributed by atoms with Crippen LogP contribution >= 0.6 is 0 Å². The van der Waals surface area contributed by atoms with Gasteiger partial charge in [0.25, 0.3) is 0 Å². The first kappa shape index (κ1) is 25.0. The van der Waals surface area contributed by atoms with E-state index < -0.39 is 0 Å². The number of methoxy groups -OCH3 is 3. The SMILES string of the molecule is COc1cc(-c2noc(CCN(CC(C)C)C(=O)Cc3ccc(F)cc3)n2)cc(OC)c1OC. The number of nitrogens with zero attached hydrogens (tertiary/aromatic N) is 3. The zero-order valence-corrected chi connectivity index (χ0v) is 20.1. The lowest BCUT2D eigenvalue weighted by molar-refractivity contribution is -0.131. The third kappa shape index (κ3) is 6.24. The van der Waals surface area contributed by atoms with E-state index in [-0.39, 0.29) is 24.1 Å². The third-order valence-corrected chi connectivity index (χ3v) is 5.19. The van der Waals surface area contributed by atoms with Crippen LogP contribution < -0.4 is 14.2 Å². The minimum atomic E-state index is -0.325. The fraction of sp³-hybridized carbons (Fsp3) is 0.400. The van der Waals surface area contributed by atoms with Crippen LogP contribution in [0.2, 0.25) is 0 Å². The van der Waals surface area contributed by atoms with E-state index in [1.165, 1.54) is 33.5 Å². The van der Waals surface area contributed by atoms with E-state index in [4.69, 9.17) is 18.7 Å². The second-order valence-electron chi connectivity index (χ2n) is 8.21. The number of rotatable bonds is 11. The predicted octanol–water partition coefficient (Wildman–Crippen LogP) is 4.17. The minimum absolute atomic E-state index is 0.0373. The molecule has 0 aliphatic rings. The molecule has 2 aromatic carbocycles. The highest BCUT2D eigenvalue weighted by Crippen LogP contribution is 2.40. The molecule has 1 amide bonds. The van der Waals surface area contributed by atoms with Crippen molar-refractivity contribution >= 4 is 5.91 Å². The van der Waals surface area contributed by atoms with E-state index in [0.29, 0.717) is 54.0 Å². The summed E-state index contributed by atoms with van der Waals surface area (Å²) in [4.78, 5) is 19.2. The van der Waals surface area contributed by atoms with Crippen LogP contribution in [0.5, 0.6) is 17.2 Å². The maximum atomic E-state index is 13.2. The van der Waals surface area contributed by atoms with Gasteiger partial charge in [0.05, 0.1) is 27.8 Å². The number of carbonyl (C=O) groups is 1. The molecule has 0 saturated heterocycles. The molecule has 9 heteroatoms. The Kier molecular flexibility index (Phi) is 8.45. The number of carbonyl (C=O) groups excluding carboxylic acids is 1. The van der Waals surface area contributed by atoms with Crippen molar-refractivity contribution in [3.8, 4) is 28.6 Å². The zero-order chi connectivity index (χ0) is 24.7. The molecule has 0 unspecified atom stereocenters. The van der Waals surface area contributed by atoms with Gasteiger partial charge in [0.2, 0.25) is 23.4 Å². The van der Waals surface area contributed by atoms with Crippen LogP contribution in [-0.2, 0) is 17.6 Å². The normalized spacial score (nSPS) is 10.9. The van der Waals surface area contributed by atoms with Crippen molar-refractivity contribution in [3.63, 3.8) is 0 Å². The molecule has 34 heavy (non-hydrogen) atoms. The van der Waals surface area contributed by atoms with Gasteiger partial charge in [-0.15, -0.1) is 0 Å². The van der Waals surface area contributed by atoms with Gasteiger partial charge in [-0.3, -0.25) is 4.79 Å². The maximum absolute atomic E-state index is 13.2. The van der Waals surface area contributed by atoms with Gasteiger partial charge in [0.1, 0.15) is 5.82 Å². The summed E-state index contributed by atoms with van der Waals surface area (Å²) in [6.45, 7) is 5.11. The van der Waals surface area contributed by atoms with Gasteiger partial charge >= 0.3 is 0 Å². The monoisotopic (exact) mass is 471 g/mol. The van der Waals surface area contributed by atoms with Crippen LogP contribution in [0.4, 0.5) is 4.39 Å². The Morgan fingerprint density at radius 2 is 1.71 bits per heavy atom. The number of hydrogen-bond donors (Lipinski definition) is 0. The van der Waals surface area contributed by atoms with Crippen LogP contribution in [0.15, 0.2) is 40.9 Å². The quantitative estimate of drug-likeness (QED) is 0.415. The van der Waals surface area contributed by atoms with E-state index >= 15 is 0 Å². The Morgan fingerprint density at radius 1 is 1.06 bits per heavy atom. The first-order valence-electron chi connectivity index (χ1n) is 11.0. The van der Waals surface area contributed by atoms with Crippen LogP contribution in [0.25, 0.3) is 11.4 Å². The molecule has 0 aliphatic heterocycles. The lowest BCUT2D eigenvalue weighted by atomic mass is 10.1. The molecule has 182 valence electrons. The Hall–Kier alpha value is -3.62. The smallest absolute Gasteiger partial charge is 0.228 e. The Morgan fingerprint density at radius 3 is 2.26 bits per heavy atom. The topological polar surface area (TPSA) is 86.9 Å². The van der Waals surface area contributed by atoms with Crippen molar-refractivity contribution in [3.05, 3.63) is 53.7 Å². The van der Waals surface area contributed by atoms with E-state index in [2.05, 4.69) is 10.1 Å². The Balaban J connectivity index is 1.72. The van der Waals surface area contributed by atoms with Gasteiger partial charge < -0.3 is 23.6 Å². The van der Waals surface area contributed by atoms with Gasteiger partial charge in [-0.1, -0.05) is 31.1 Å². The molecule has 1 aromatic heterocycles. The largest absolute Gasteiger partial charge is 0.493 e. The highest BCUT2D eigenvalue weighted by molar-refractivity contribution is 5.78. The van der Waals surface area contributed by atoms with Crippen molar-refractivity contribution in [2.45, 2.75) is 26.7 Å². The molecule has 1 heterocycles. The van der Waals surface area contributed by atoms with Crippen LogP contribution in [0.1, 0.15) is 25.3 Å². The number of amides is 1. The molecule has 3 rings (SSSR count). The Bertz CT molecular complexity index is 1070. The number of ether oxygens (including phenoxy) is 3. The van der Waals surface area contributed by atoms with Gasteiger partial charge in [0.15, 0.2) is 11.5 Å². The molecule has 0 saturated carbocycles. The summed E-state index contributed by atoms with van der Waals surface area (Å²) in [5, 5.41) is 4.08. The first-order valence-corrected chi connectivity index (χ1v) is 11.0. The summed E-state index contributed by atoms with van der Waals surface area (Å²) < 4.78 is 34.7. The van der Waals surface area contributed by atoms with Crippen molar-refractivity contribution in [1.82, 2.24) is 15.0 Å². The molecule has 0 aliphatic carbocycles. The van der Waals surface area contributed by atoms with E-state index in [9.17, 15) is 9.18 Å². The van der Waals surface area contributed by atoms with Crippen molar-refractivity contribution in [2.24, 2.45) is 5.92 Å². The molecule has 0 bridgehead atoms. The molecule has 0 atom stereocenters. The molecular formula is C25H30FN3O5. The number of aromatic nitrogens is 2. The second kappa shape index (κ2) is 11.5. The minimum Gasteiger partial charge on any atom is -0.493 e. The molecule has 8 nitrogen and oxygen atoms in total. The van der Waals surface area contributed by atoms with Crippen LogP contribution in [0.3, 0.4) is 0 Å². The molecule has 0 fully saturated rings. The van der Waals surface area contributed by atoms with E-state index in [1.807, 2.05) is 13.8 Å². The summed E-state index contributed by atoms with van der Waals surface area (Å²) in [5.41, 5.74) is 1.42. The third-order valence-electron chi connectivity index (χ3n) is 5.19. The van der Waals surface area contributed by atoms with Gasteiger partial charge in [-0.25, -0.2) is 4.39 Å². The summed E-state index contributed by atoms with van der Waals surface area (Å²) in [7, 11) is 4.61.